The van der Waals surface area contributed by atoms with Gasteiger partial charge < -0.3 is 10.4 Å². The molecule has 2 aromatic heterocycles. The fourth-order valence-electron chi connectivity index (χ4n) is 4.57. The summed E-state index contributed by atoms with van der Waals surface area (Å²) in [5.41, 5.74) is -0.268. The summed E-state index contributed by atoms with van der Waals surface area (Å²) in [4.78, 5) is 29.8. The molecule has 0 aliphatic carbocycles. The first-order chi connectivity index (χ1) is 19.9. The maximum absolute atomic E-state index is 14.8. The molecule has 1 unspecified atom stereocenters. The number of carbonyl (C=O) groups excluding carboxylic acids is 1. The van der Waals surface area contributed by atoms with Crippen molar-refractivity contribution < 1.29 is 18.7 Å². The van der Waals surface area contributed by atoms with Crippen LogP contribution in [0.3, 0.4) is 0 Å². The molecule has 0 saturated carbocycles. The summed E-state index contributed by atoms with van der Waals surface area (Å²) in [6.45, 7) is 5.57. The van der Waals surface area contributed by atoms with Gasteiger partial charge in [-0.15, -0.1) is 0 Å². The van der Waals surface area contributed by atoms with Gasteiger partial charge in [0.05, 0.1) is 18.8 Å². The number of rotatable bonds is 8. The Morgan fingerprint density at radius 3 is 2.26 bits per heavy atom. The van der Waals surface area contributed by atoms with Crippen molar-refractivity contribution in [2.24, 2.45) is 0 Å². The largest absolute Gasteiger partial charge is 0.381 e. The lowest BCUT2D eigenvalue weighted by Crippen LogP contribution is -2.41. The molecule has 0 spiro atoms. The van der Waals surface area contributed by atoms with E-state index in [1.807, 2.05) is 12.1 Å². The van der Waals surface area contributed by atoms with E-state index in [-0.39, 0.29) is 23.4 Å². The van der Waals surface area contributed by atoms with E-state index in [0.717, 1.165) is 22.4 Å². The number of halogens is 2. The third kappa shape index (κ3) is 6.03. The molecule has 5 aromatic rings. The lowest BCUT2D eigenvalue weighted by atomic mass is 9.87. The van der Waals surface area contributed by atoms with Crippen molar-refractivity contribution in [3.8, 4) is 5.69 Å². The lowest BCUT2D eigenvalue weighted by molar-refractivity contribution is -0.00948. The summed E-state index contributed by atoms with van der Waals surface area (Å²) in [6.07, 6.45) is 3.84. The van der Waals surface area contributed by atoms with E-state index < -0.39 is 29.5 Å². The molecule has 2 heterocycles. The summed E-state index contributed by atoms with van der Waals surface area (Å²) in [5.74, 6) is -2.06. The average molecular weight is 574 g/mol. The molecule has 3 aromatic carbocycles. The second-order valence-corrected chi connectivity index (χ2v) is 11.0. The van der Waals surface area contributed by atoms with E-state index in [9.17, 15) is 23.5 Å². The van der Waals surface area contributed by atoms with Crippen molar-refractivity contribution in [3.05, 3.63) is 125 Å². The Labute approximate surface area is 239 Å². The van der Waals surface area contributed by atoms with Crippen molar-refractivity contribution >= 4 is 11.6 Å². The molecule has 5 rings (SSSR count). The molecule has 12 heteroatoms. The predicted molar refractivity (Wildman–Crippen MR) is 151 cm³/mol. The topological polar surface area (TPSA) is 120 Å². The molecule has 42 heavy (non-hydrogen) atoms. The minimum Gasteiger partial charge on any atom is -0.381 e. The fraction of sp³-hybridized carbons (Fsp3) is 0.233. The van der Waals surface area contributed by atoms with Crippen LogP contribution in [-0.2, 0) is 24.1 Å². The summed E-state index contributed by atoms with van der Waals surface area (Å²) >= 11 is 0. The van der Waals surface area contributed by atoms with E-state index in [0.29, 0.717) is 23.0 Å². The molecule has 0 aliphatic rings. The molecule has 2 N–H and O–H groups in total. The zero-order valence-corrected chi connectivity index (χ0v) is 23.2. The third-order valence-electron chi connectivity index (χ3n) is 6.88. The first-order valence-corrected chi connectivity index (χ1v) is 13.1. The highest BCUT2D eigenvalue weighted by Crippen LogP contribution is 2.28. The monoisotopic (exact) mass is 573 g/mol. The zero-order valence-electron chi connectivity index (χ0n) is 23.2. The van der Waals surface area contributed by atoms with Gasteiger partial charge >= 0.3 is 5.69 Å². The molecule has 1 atom stereocenters. The van der Waals surface area contributed by atoms with Crippen LogP contribution in [-0.4, -0.2) is 40.1 Å². The van der Waals surface area contributed by atoms with Gasteiger partial charge in [-0.1, -0.05) is 39.0 Å². The molecule has 0 saturated heterocycles. The van der Waals surface area contributed by atoms with Gasteiger partial charge in [0.2, 0.25) is 0 Å². The first-order valence-electron chi connectivity index (χ1n) is 13.1. The number of benzene rings is 3. The summed E-state index contributed by atoms with van der Waals surface area (Å²) in [6, 6.07) is 16.8. The van der Waals surface area contributed by atoms with E-state index in [4.69, 9.17) is 0 Å². The quantitative estimate of drug-likeness (QED) is 0.289. The van der Waals surface area contributed by atoms with Crippen molar-refractivity contribution in [2.45, 2.75) is 44.9 Å². The number of hydrogen-bond donors (Lipinski definition) is 2. The Kier molecular flexibility index (Phi) is 7.57. The molecule has 216 valence electrons. The van der Waals surface area contributed by atoms with Gasteiger partial charge in [-0.2, -0.15) is 10.2 Å². The normalized spacial score (nSPS) is 13.1. The number of hydrogen-bond acceptors (Lipinski definition) is 6. The molecule has 0 fully saturated rings. The summed E-state index contributed by atoms with van der Waals surface area (Å²) in [5, 5.41) is 22.5. The van der Waals surface area contributed by atoms with Gasteiger partial charge in [-0.3, -0.25) is 4.79 Å². The van der Waals surface area contributed by atoms with Gasteiger partial charge in [-0.05, 0) is 53.4 Å². The highest BCUT2D eigenvalue weighted by atomic mass is 19.1. The number of aliphatic hydroxyl groups is 1. The van der Waals surface area contributed by atoms with Crippen molar-refractivity contribution in [1.82, 2.24) is 29.1 Å². The number of carbonyl (C=O) groups is 1. The van der Waals surface area contributed by atoms with Crippen LogP contribution in [0.1, 0.15) is 42.3 Å². The van der Waals surface area contributed by atoms with Gasteiger partial charge in [0.1, 0.15) is 36.2 Å². The van der Waals surface area contributed by atoms with Crippen LogP contribution in [0.25, 0.3) is 5.69 Å². The summed E-state index contributed by atoms with van der Waals surface area (Å²) < 4.78 is 31.9. The highest BCUT2D eigenvalue weighted by Gasteiger charge is 2.35. The van der Waals surface area contributed by atoms with Crippen LogP contribution >= 0.6 is 0 Å². The maximum Gasteiger partial charge on any atom is 0.350 e. The van der Waals surface area contributed by atoms with E-state index in [1.165, 1.54) is 28.2 Å². The second-order valence-electron chi connectivity index (χ2n) is 11.0. The van der Waals surface area contributed by atoms with Crippen molar-refractivity contribution in [3.63, 3.8) is 0 Å². The van der Waals surface area contributed by atoms with Crippen LogP contribution in [0, 0.1) is 11.6 Å². The Morgan fingerprint density at radius 2 is 1.64 bits per heavy atom. The zero-order chi connectivity index (χ0) is 30.1. The summed E-state index contributed by atoms with van der Waals surface area (Å²) in [7, 11) is 0. The molecule has 10 nitrogen and oxygen atoms in total. The Hall–Kier alpha value is -4.97. The van der Waals surface area contributed by atoms with Crippen LogP contribution in [0.5, 0.6) is 0 Å². The molecule has 0 radical (unpaired) electrons. The molecule has 0 bridgehead atoms. The van der Waals surface area contributed by atoms with Gasteiger partial charge in [-0.25, -0.2) is 32.5 Å². The number of anilines is 1. The Balaban J connectivity index is 1.35. The number of nitrogens with one attached hydrogen (secondary N) is 1. The molecular weight excluding hydrogens is 544 g/mol. The fourth-order valence-corrected chi connectivity index (χ4v) is 4.57. The van der Waals surface area contributed by atoms with E-state index in [2.05, 4.69) is 41.3 Å². The minimum absolute atomic E-state index is 0.0240. The van der Waals surface area contributed by atoms with Crippen molar-refractivity contribution in [2.75, 3.05) is 5.32 Å². The maximum atomic E-state index is 14.8. The van der Waals surface area contributed by atoms with Crippen LogP contribution in [0.4, 0.5) is 14.5 Å². The second kappa shape index (κ2) is 11.1. The third-order valence-corrected chi connectivity index (χ3v) is 6.88. The van der Waals surface area contributed by atoms with Gasteiger partial charge in [0.25, 0.3) is 5.91 Å². The van der Waals surface area contributed by atoms with Gasteiger partial charge in [0.15, 0.2) is 0 Å². The molecule has 0 aliphatic heterocycles. The van der Waals surface area contributed by atoms with Crippen LogP contribution in [0.2, 0.25) is 0 Å². The van der Waals surface area contributed by atoms with Crippen LogP contribution < -0.4 is 11.0 Å². The Bertz CT molecular complexity index is 1760. The number of amides is 1. The Morgan fingerprint density at radius 1 is 0.929 bits per heavy atom. The smallest absolute Gasteiger partial charge is 0.350 e. The first kappa shape index (κ1) is 28.6. The van der Waals surface area contributed by atoms with Crippen molar-refractivity contribution in [1.29, 1.82) is 0 Å². The minimum atomic E-state index is -2.02. The number of nitrogens with zero attached hydrogens (tertiary/aromatic N) is 6. The van der Waals surface area contributed by atoms with Gasteiger partial charge in [0, 0.05) is 22.9 Å². The molecule has 1 amide bonds. The van der Waals surface area contributed by atoms with E-state index in [1.54, 1.807) is 36.4 Å². The number of aromatic nitrogens is 6. The SMILES string of the molecule is CC(C)(C)c1ccc(C(=O)Nc2ccc(-n3cnn(CC(O)(Cn4cncn4)c4ccc(F)cc4F)c3=O)cc2)cc1. The van der Waals surface area contributed by atoms with E-state index >= 15 is 0 Å². The highest BCUT2D eigenvalue weighted by molar-refractivity contribution is 6.04. The molecular formula is C30H29F2N7O3. The van der Waals surface area contributed by atoms with Crippen LogP contribution in [0.15, 0.2) is 90.5 Å². The average Bonchev–Trinajstić information content (AvgIpc) is 3.58. The predicted octanol–water partition coefficient (Wildman–Crippen LogP) is 4.04. The standard InChI is InChI=1S/C30H29F2N7O3/c1-29(2,3)21-6-4-20(5-7-21)27(40)36-23-9-11-24(12-10-23)38-19-35-39(28(38)41)16-30(42,15-37-18-33-17-34-37)25-13-8-22(31)14-26(25)32/h4-14,17-19,42H,15-16H2,1-3H3,(H,36,40). The lowest BCUT2D eigenvalue weighted by Gasteiger charge is -2.28.